The van der Waals surface area contributed by atoms with Crippen molar-refractivity contribution in [2.75, 3.05) is 0 Å². The maximum Gasteiger partial charge on any atom is 0.0715 e. The summed E-state index contributed by atoms with van der Waals surface area (Å²) in [6.45, 7) is 0. The van der Waals surface area contributed by atoms with E-state index < -0.39 is 0 Å². The summed E-state index contributed by atoms with van der Waals surface area (Å²) in [6, 6.07) is 60.4. The molecule has 0 saturated carbocycles. The first-order valence-corrected chi connectivity index (χ1v) is 17.8. The zero-order valence-electron chi connectivity index (χ0n) is 28.8. The maximum atomic E-state index is 5.32. The van der Waals surface area contributed by atoms with Gasteiger partial charge in [0.15, 0.2) is 0 Å². The molecule has 0 saturated heterocycles. The van der Waals surface area contributed by atoms with Crippen LogP contribution in [0.3, 0.4) is 0 Å². The molecule has 4 heteroatoms. The number of nitrogens with zero attached hydrogens (tertiary/aromatic N) is 4. The Morgan fingerprint density at radius 1 is 0.340 bits per heavy atom. The number of aromatic nitrogens is 4. The van der Waals surface area contributed by atoms with Gasteiger partial charge in [0.2, 0.25) is 0 Å². The van der Waals surface area contributed by atoms with Gasteiger partial charge in [0.05, 0.1) is 22.4 Å². The van der Waals surface area contributed by atoms with Crippen molar-refractivity contribution in [3.8, 4) is 61.6 Å². The first-order valence-electron chi connectivity index (χ1n) is 17.8. The van der Waals surface area contributed by atoms with Crippen LogP contribution in [0, 0.1) is 0 Å². The van der Waals surface area contributed by atoms with E-state index in [-0.39, 0.29) is 0 Å². The Morgan fingerprint density at radius 3 is 1.70 bits per heavy atom. The van der Waals surface area contributed by atoms with Gasteiger partial charge in [0, 0.05) is 52.4 Å². The van der Waals surface area contributed by atoms with E-state index in [1.54, 1.807) is 0 Å². The predicted molar refractivity (Wildman–Crippen MR) is 219 cm³/mol. The second-order valence-electron chi connectivity index (χ2n) is 13.4. The van der Waals surface area contributed by atoms with Gasteiger partial charge >= 0.3 is 0 Å². The Kier molecular flexibility index (Phi) is 7.43. The van der Waals surface area contributed by atoms with Gasteiger partial charge in [0.25, 0.3) is 0 Å². The van der Waals surface area contributed by atoms with Gasteiger partial charge in [0.1, 0.15) is 0 Å². The number of benzene rings is 6. The highest BCUT2D eigenvalue weighted by atomic mass is 15.0. The Labute approximate surface area is 307 Å². The Bertz CT molecular complexity index is 2950. The van der Waals surface area contributed by atoms with Crippen LogP contribution in [0.15, 0.2) is 195 Å². The van der Waals surface area contributed by atoms with Crippen molar-refractivity contribution in [3.05, 3.63) is 195 Å². The highest BCUT2D eigenvalue weighted by molar-refractivity contribution is 6.10. The summed E-state index contributed by atoms with van der Waals surface area (Å²) in [7, 11) is 0. The first-order chi connectivity index (χ1) is 26.2. The molecule has 0 aliphatic rings. The maximum absolute atomic E-state index is 5.32. The highest BCUT2D eigenvalue weighted by Gasteiger charge is 2.15. The third kappa shape index (κ3) is 5.63. The summed E-state index contributed by atoms with van der Waals surface area (Å²) < 4.78 is 2.32. The molecule has 4 aromatic heterocycles. The molecule has 0 aliphatic heterocycles. The van der Waals surface area contributed by atoms with E-state index in [2.05, 4.69) is 184 Å². The van der Waals surface area contributed by atoms with Gasteiger partial charge in [-0.2, -0.15) is 0 Å². The first kappa shape index (κ1) is 30.6. The Hall–Kier alpha value is -7.17. The van der Waals surface area contributed by atoms with Gasteiger partial charge in [-0.05, 0) is 117 Å². The standard InChI is InChI=1S/C49H32N4/c1-2-14-43(15-3-1)53-48-19-18-39(29-44(48)45-32-51-25-22-49(45)53)37-11-7-13-41(28-37)47-31-42(34-20-23-50-24-21-34)30-46(52-47)40-12-6-10-36(27-40)38-17-16-33-8-4-5-9-35(33)26-38/h1-32H. The molecule has 4 nitrogen and oxygen atoms in total. The second kappa shape index (κ2) is 12.9. The minimum atomic E-state index is 0.915. The van der Waals surface area contributed by atoms with Crippen LogP contribution in [0.1, 0.15) is 0 Å². The summed E-state index contributed by atoms with van der Waals surface area (Å²) in [5.41, 5.74) is 14.2. The van der Waals surface area contributed by atoms with E-state index in [9.17, 15) is 0 Å². The van der Waals surface area contributed by atoms with Gasteiger partial charge in [-0.3, -0.25) is 9.97 Å². The van der Waals surface area contributed by atoms with Crippen LogP contribution in [0.25, 0.3) is 94.2 Å². The quantitative estimate of drug-likeness (QED) is 0.176. The Balaban J connectivity index is 1.08. The van der Waals surface area contributed by atoms with Crippen molar-refractivity contribution in [1.82, 2.24) is 19.5 Å². The van der Waals surface area contributed by atoms with Gasteiger partial charge in [-0.25, -0.2) is 4.98 Å². The molecule has 0 fully saturated rings. The molecule has 0 N–H and O–H groups in total. The highest BCUT2D eigenvalue weighted by Crippen LogP contribution is 2.37. The van der Waals surface area contributed by atoms with Gasteiger partial charge < -0.3 is 4.57 Å². The van der Waals surface area contributed by atoms with E-state index in [1.807, 2.05) is 24.8 Å². The monoisotopic (exact) mass is 676 g/mol. The number of para-hydroxylation sites is 1. The molecule has 0 unspecified atom stereocenters. The third-order valence-electron chi connectivity index (χ3n) is 10.2. The Morgan fingerprint density at radius 2 is 0.943 bits per heavy atom. The lowest BCUT2D eigenvalue weighted by Crippen LogP contribution is -1.93. The predicted octanol–water partition coefficient (Wildman–Crippen LogP) is 12.5. The van der Waals surface area contributed by atoms with Gasteiger partial charge in [-0.15, -0.1) is 0 Å². The number of hydrogen-bond acceptors (Lipinski definition) is 3. The summed E-state index contributed by atoms with van der Waals surface area (Å²) >= 11 is 0. The van der Waals surface area contributed by atoms with E-state index in [0.29, 0.717) is 0 Å². The summed E-state index contributed by atoms with van der Waals surface area (Å²) in [5.74, 6) is 0. The normalized spacial score (nSPS) is 11.4. The average molecular weight is 677 g/mol. The van der Waals surface area contributed by atoms with Crippen LogP contribution < -0.4 is 0 Å². The molecule has 248 valence electrons. The average Bonchev–Trinajstić information content (AvgIpc) is 3.58. The topological polar surface area (TPSA) is 43.6 Å². The van der Waals surface area contributed by atoms with Crippen molar-refractivity contribution in [2.24, 2.45) is 0 Å². The van der Waals surface area contributed by atoms with Crippen LogP contribution in [-0.2, 0) is 0 Å². The van der Waals surface area contributed by atoms with Crippen molar-refractivity contribution < 1.29 is 0 Å². The summed E-state index contributed by atoms with van der Waals surface area (Å²) in [6.07, 6.45) is 7.53. The molecule has 0 spiro atoms. The zero-order valence-corrected chi connectivity index (χ0v) is 28.8. The van der Waals surface area contributed by atoms with Crippen LogP contribution in [-0.4, -0.2) is 19.5 Å². The van der Waals surface area contributed by atoms with Crippen molar-refractivity contribution in [1.29, 1.82) is 0 Å². The fourth-order valence-electron chi connectivity index (χ4n) is 7.52. The minimum Gasteiger partial charge on any atom is -0.309 e. The fraction of sp³-hybridized carbons (Fsp3) is 0. The summed E-state index contributed by atoms with van der Waals surface area (Å²) in [4.78, 5) is 14.1. The lowest BCUT2D eigenvalue weighted by Gasteiger charge is -2.13. The molecule has 10 aromatic rings. The molecule has 0 atom stereocenters. The molecule has 53 heavy (non-hydrogen) atoms. The smallest absolute Gasteiger partial charge is 0.0715 e. The second-order valence-corrected chi connectivity index (χ2v) is 13.4. The molecule has 6 aromatic carbocycles. The fourth-order valence-corrected chi connectivity index (χ4v) is 7.52. The number of fused-ring (bicyclic) bond motifs is 4. The number of pyridine rings is 3. The molecule has 0 radical (unpaired) electrons. The van der Waals surface area contributed by atoms with Crippen LogP contribution in [0.4, 0.5) is 0 Å². The van der Waals surface area contributed by atoms with Crippen molar-refractivity contribution >= 4 is 32.6 Å². The lowest BCUT2D eigenvalue weighted by atomic mass is 9.96. The van der Waals surface area contributed by atoms with Crippen LogP contribution in [0.5, 0.6) is 0 Å². The van der Waals surface area contributed by atoms with E-state index >= 15 is 0 Å². The molecule has 4 heterocycles. The van der Waals surface area contributed by atoms with Crippen molar-refractivity contribution in [2.45, 2.75) is 0 Å². The third-order valence-corrected chi connectivity index (χ3v) is 10.2. The van der Waals surface area contributed by atoms with E-state index in [0.717, 1.165) is 72.4 Å². The molecule has 0 bridgehead atoms. The molecular formula is C49H32N4. The molecule has 0 aliphatic carbocycles. The number of rotatable bonds is 6. The van der Waals surface area contributed by atoms with Crippen molar-refractivity contribution in [3.63, 3.8) is 0 Å². The SMILES string of the molecule is c1ccc(-n2c3ccncc3c3cc(-c4cccc(-c5cc(-c6ccncc6)cc(-c6cccc(-c7ccc8ccccc8c7)c6)n5)c4)ccc32)cc1. The molecule has 10 rings (SSSR count). The molecular weight excluding hydrogens is 645 g/mol. The van der Waals surface area contributed by atoms with E-state index in [1.165, 1.54) is 21.7 Å². The lowest BCUT2D eigenvalue weighted by molar-refractivity contribution is 1.17. The minimum absolute atomic E-state index is 0.915. The summed E-state index contributed by atoms with van der Waals surface area (Å²) in [5, 5.41) is 4.77. The zero-order chi connectivity index (χ0) is 35.1. The van der Waals surface area contributed by atoms with Crippen LogP contribution in [0.2, 0.25) is 0 Å². The van der Waals surface area contributed by atoms with Gasteiger partial charge in [-0.1, -0.05) is 97.1 Å². The molecule has 0 amide bonds. The van der Waals surface area contributed by atoms with Crippen LogP contribution >= 0.6 is 0 Å². The van der Waals surface area contributed by atoms with E-state index in [4.69, 9.17) is 4.98 Å². The largest absolute Gasteiger partial charge is 0.309 e. The number of hydrogen-bond donors (Lipinski definition) is 0.